The van der Waals surface area contributed by atoms with Gasteiger partial charge in [0.2, 0.25) is 10.0 Å². The summed E-state index contributed by atoms with van der Waals surface area (Å²) in [6, 6.07) is 11.7. The van der Waals surface area contributed by atoms with Crippen LogP contribution in [0.15, 0.2) is 53.4 Å². The summed E-state index contributed by atoms with van der Waals surface area (Å²) in [5.74, 6) is -1.16. The minimum atomic E-state index is -3.69. The first-order chi connectivity index (χ1) is 12.3. The van der Waals surface area contributed by atoms with E-state index in [1.807, 2.05) is 6.92 Å². The molecule has 0 saturated heterocycles. The maximum Gasteiger partial charge on any atom is 0.338 e. The molecule has 0 aromatic heterocycles. The lowest BCUT2D eigenvalue weighted by Crippen LogP contribution is -2.24. The van der Waals surface area contributed by atoms with Crippen LogP contribution in [0.25, 0.3) is 0 Å². The topological polar surface area (TPSA) is 89.5 Å². The van der Waals surface area contributed by atoms with Crippen LogP contribution in [-0.4, -0.2) is 33.3 Å². The van der Waals surface area contributed by atoms with Crippen molar-refractivity contribution in [3.8, 4) is 0 Å². The van der Waals surface area contributed by atoms with Crippen molar-refractivity contribution in [3.05, 3.63) is 64.7 Å². The Labute approximate surface area is 157 Å². The Balaban J connectivity index is 2.04. The van der Waals surface area contributed by atoms with Crippen molar-refractivity contribution in [2.45, 2.75) is 18.2 Å². The standard InChI is InChI=1S/C18H18ClNO5S/c1-2-10-20-26(23,24)16-5-3-4-14(11-16)18(22)25-12-17(21)13-6-8-15(19)9-7-13/h3-9,11,20H,2,10,12H2,1H3. The molecule has 1 N–H and O–H groups in total. The molecule has 0 radical (unpaired) electrons. The van der Waals surface area contributed by atoms with E-state index in [1.54, 1.807) is 12.1 Å². The largest absolute Gasteiger partial charge is 0.454 e. The van der Waals surface area contributed by atoms with Crippen molar-refractivity contribution in [2.24, 2.45) is 0 Å². The van der Waals surface area contributed by atoms with E-state index in [0.717, 1.165) is 0 Å². The number of ketones is 1. The SMILES string of the molecule is CCCNS(=O)(=O)c1cccc(C(=O)OCC(=O)c2ccc(Cl)cc2)c1. The van der Waals surface area contributed by atoms with Crippen LogP contribution in [0.1, 0.15) is 34.1 Å². The molecule has 0 fully saturated rings. The van der Waals surface area contributed by atoms with Crippen molar-refractivity contribution in [1.29, 1.82) is 0 Å². The van der Waals surface area contributed by atoms with Gasteiger partial charge >= 0.3 is 5.97 Å². The fraction of sp³-hybridized carbons (Fsp3) is 0.222. The van der Waals surface area contributed by atoms with E-state index in [1.165, 1.54) is 36.4 Å². The number of benzene rings is 2. The molecule has 8 heteroatoms. The molecule has 6 nitrogen and oxygen atoms in total. The molecule has 2 aromatic carbocycles. The fourth-order valence-corrected chi connectivity index (χ4v) is 3.35. The molecule has 0 saturated carbocycles. The molecule has 0 atom stereocenters. The van der Waals surface area contributed by atoms with Gasteiger partial charge in [0.25, 0.3) is 0 Å². The van der Waals surface area contributed by atoms with Crippen molar-refractivity contribution in [1.82, 2.24) is 4.72 Å². The number of hydrogen-bond donors (Lipinski definition) is 1. The summed E-state index contributed by atoms with van der Waals surface area (Å²) >= 11 is 5.76. The number of esters is 1. The summed E-state index contributed by atoms with van der Waals surface area (Å²) in [6.07, 6.45) is 0.647. The highest BCUT2D eigenvalue weighted by atomic mass is 35.5. The lowest BCUT2D eigenvalue weighted by molar-refractivity contribution is 0.0474. The van der Waals surface area contributed by atoms with Crippen molar-refractivity contribution in [3.63, 3.8) is 0 Å². The minimum Gasteiger partial charge on any atom is -0.454 e. The smallest absolute Gasteiger partial charge is 0.338 e. The van der Waals surface area contributed by atoms with Gasteiger partial charge in [-0.2, -0.15) is 0 Å². The first-order valence-electron chi connectivity index (χ1n) is 7.89. The quantitative estimate of drug-likeness (QED) is 0.548. The Hall–Kier alpha value is -2.22. The van der Waals surface area contributed by atoms with Crippen LogP contribution in [0.3, 0.4) is 0 Å². The molecule has 0 aliphatic rings. The van der Waals surface area contributed by atoms with Gasteiger partial charge in [-0.05, 0) is 48.9 Å². The van der Waals surface area contributed by atoms with Gasteiger partial charge < -0.3 is 4.74 Å². The number of sulfonamides is 1. The molecule has 0 heterocycles. The van der Waals surface area contributed by atoms with Crippen molar-refractivity contribution < 1.29 is 22.7 Å². The maximum absolute atomic E-state index is 12.1. The third-order valence-corrected chi connectivity index (χ3v) is 5.13. The van der Waals surface area contributed by atoms with Gasteiger partial charge in [0.15, 0.2) is 12.4 Å². The molecule has 2 rings (SSSR count). The lowest BCUT2D eigenvalue weighted by atomic mass is 10.1. The zero-order valence-corrected chi connectivity index (χ0v) is 15.6. The summed E-state index contributed by atoms with van der Waals surface area (Å²) in [5.41, 5.74) is 0.413. The van der Waals surface area contributed by atoms with E-state index >= 15 is 0 Å². The Kier molecular flexibility index (Phi) is 6.90. The van der Waals surface area contributed by atoms with Gasteiger partial charge in [0, 0.05) is 17.1 Å². The molecular formula is C18H18ClNO5S. The number of Topliss-reactive ketones (excluding diaryl/α,β-unsaturated/α-hetero) is 1. The van der Waals surface area contributed by atoms with Gasteiger partial charge in [0.1, 0.15) is 0 Å². The van der Waals surface area contributed by atoms with Crippen LogP contribution < -0.4 is 4.72 Å². The van der Waals surface area contributed by atoms with Crippen molar-refractivity contribution >= 4 is 33.4 Å². The first-order valence-corrected chi connectivity index (χ1v) is 9.75. The van der Waals surface area contributed by atoms with Gasteiger partial charge in [-0.25, -0.2) is 17.9 Å². The zero-order valence-electron chi connectivity index (χ0n) is 14.1. The van der Waals surface area contributed by atoms with Crippen LogP contribution in [-0.2, 0) is 14.8 Å². The molecule has 0 amide bonds. The average molecular weight is 396 g/mol. The predicted molar refractivity (Wildman–Crippen MR) is 98.0 cm³/mol. The summed E-state index contributed by atoms with van der Waals surface area (Å²) < 4.78 is 31.6. The second-order valence-electron chi connectivity index (χ2n) is 5.43. The van der Waals surface area contributed by atoms with E-state index in [4.69, 9.17) is 16.3 Å². The van der Waals surface area contributed by atoms with E-state index in [2.05, 4.69) is 4.72 Å². The Bertz CT molecular complexity index is 894. The third-order valence-electron chi connectivity index (χ3n) is 3.42. The molecule has 0 aliphatic heterocycles. The van der Waals surface area contributed by atoms with E-state index in [9.17, 15) is 18.0 Å². The highest BCUT2D eigenvalue weighted by molar-refractivity contribution is 7.89. The molecule has 0 spiro atoms. The number of ether oxygens (including phenoxy) is 1. The highest BCUT2D eigenvalue weighted by Gasteiger charge is 2.17. The zero-order chi connectivity index (χ0) is 19.2. The highest BCUT2D eigenvalue weighted by Crippen LogP contribution is 2.14. The second-order valence-corrected chi connectivity index (χ2v) is 7.64. The number of halogens is 1. The lowest BCUT2D eigenvalue weighted by Gasteiger charge is -2.08. The monoisotopic (exact) mass is 395 g/mol. The average Bonchev–Trinajstić information content (AvgIpc) is 2.65. The number of carbonyl (C=O) groups is 2. The number of nitrogens with one attached hydrogen (secondary N) is 1. The molecule has 0 unspecified atom stereocenters. The van der Waals surface area contributed by atoms with E-state index < -0.39 is 22.6 Å². The van der Waals surface area contributed by atoms with E-state index in [-0.39, 0.29) is 16.2 Å². The summed E-state index contributed by atoms with van der Waals surface area (Å²) in [4.78, 5) is 24.1. The van der Waals surface area contributed by atoms with Crippen LogP contribution in [0, 0.1) is 0 Å². The molecular weight excluding hydrogens is 378 g/mol. The maximum atomic E-state index is 12.1. The molecule has 26 heavy (non-hydrogen) atoms. The third kappa shape index (κ3) is 5.39. The van der Waals surface area contributed by atoms with E-state index in [0.29, 0.717) is 23.6 Å². The molecule has 0 bridgehead atoms. The fourth-order valence-electron chi connectivity index (χ4n) is 2.04. The van der Waals surface area contributed by atoms with Crippen LogP contribution >= 0.6 is 11.6 Å². The van der Waals surface area contributed by atoms with Crippen LogP contribution in [0.2, 0.25) is 5.02 Å². The molecule has 0 aliphatic carbocycles. The number of rotatable bonds is 8. The number of carbonyl (C=O) groups excluding carboxylic acids is 2. The number of hydrogen-bond acceptors (Lipinski definition) is 5. The van der Waals surface area contributed by atoms with Gasteiger partial charge in [-0.1, -0.05) is 24.6 Å². The molecule has 138 valence electrons. The van der Waals surface area contributed by atoms with Crippen LogP contribution in [0.4, 0.5) is 0 Å². The van der Waals surface area contributed by atoms with Crippen LogP contribution in [0.5, 0.6) is 0 Å². The Morgan fingerprint density at radius 3 is 2.42 bits per heavy atom. The Morgan fingerprint density at radius 2 is 1.77 bits per heavy atom. The summed E-state index contributed by atoms with van der Waals surface area (Å²) in [6.45, 7) is 1.69. The normalized spacial score (nSPS) is 11.2. The van der Waals surface area contributed by atoms with Crippen molar-refractivity contribution in [2.75, 3.05) is 13.2 Å². The first kappa shape index (κ1) is 20.1. The second kappa shape index (κ2) is 8.93. The summed E-state index contributed by atoms with van der Waals surface area (Å²) in [5, 5.41) is 0.494. The molecule has 2 aromatic rings. The minimum absolute atomic E-state index is 0.0376. The predicted octanol–water partition coefficient (Wildman–Crippen LogP) is 3.07. The van der Waals surface area contributed by atoms with Gasteiger partial charge in [0.05, 0.1) is 10.5 Å². The Morgan fingerprint density at radius 1 is 1.08 bits per heavy atom. The summed E-state index contributed by atoms with van der Waals surface area (Å²) in [7, 11) is -3.69. The van der Waals surface area contributed by atoms with Gasteiger partial charge in [-0.15, -0.1) is 0 Å². The van der Waals surface area contributed by atoms with Gasteiger partial charge in [-0.3, -0.25) is 4.79 Å².